The molecule has 3 rings (SSSR count). The molecule has 1 N–H and O–H groups in total. The maximum absolute atomic E-state index is 8.84. The van der Waals surface area contributed by atoms with Gasteiger partial charge in [0.1, 0.15) is 11.9 Å². The Morgan fingerprint density at radius 3 is 3.25 bits per heavy atom. The first-order valence-corrected chi connectivity index (χ1v) is 7.82. The Hall–Kier alpha value is -1.71. The van der Waals surface area contributed by atoms with Crippen LogP contribution in [0, 0.1) is 11.3 Å². The van der Waals surface area contributed by atoms with Gasteiger partial charge in [0.2, 0.25) is 0 Å². The number of thiophene rings is 1. The molecule has 3 heterocycles. The van der Waals surface area contributed by atoms with Crippen molar-refractivity contribution in [2.24, 2.45) is 0 Å². The molecule has 0 saturated carbocycles. The number of fused-ring (bicyclic) bond motifs is 1. The maximum atomic E-state index is 8.84. The number of nitrogens with zero attached hydrogens (tertiary/aromatic N) is 4. The maximum Gasteiger partial charge on any atom is 0.150 e. The molecule has 6 heteroatoms. The molecule has 1 aliphatic rings. The lowest BCUT2D eigenvalue weighted by Crippen LogP contribution is -2.28. The van der Waals surface area contributed by atoms with Gasteiger partial charge in [0, 0.05) is 29.8 Å². The van der Waals surface area contributed by atoms with E-state index in [1.807, 2.05) is 16.1 Å². The number of nitriles is 1. The molecule has 0 bridgehead atoms. The summed E-state index contributed by atoms with van der Waals surface area (Å²) in [6.07, 6.45) is 3.10. The van der Waals surface area contributed by atoms with Gasteiger partial charge >= 0.3 is 0 Å². The van der Waals surface area contributed by atoms with E-state index in [2.05, 4.69) is 28.4 Å². The van der Waals surface area contributed by atoms with Crippen LogP contribution >= 0.6 is 11.3 Å². The second-order valence-electron chi connectivity index (χ2n) is 4.95. The fourth-order valence-corrected chi connectivity index (χ4v) is 3.26. The van der Waals surface area contributed by atoms with Crippen LogP contribution in [0.1, 0.15) is 47.9 Å². The van der Waals surface area contributed by atoms with Gasteiger partial charge in [-0.3, -0.25) is 0 Å². The number of rotatable bonds is 4. The number of aromatic nitrogens is 3. The summed E-state index contributed by atoms with van der Waals surface area (Å²) in [5.74, 6) is 1.99. The van der Waals surface area contributed by atoms with Gasteiger partial charge in [-0.1, -0.05) is 6.92 Å². The number of aryl methyl sites for hydroxylation is 2. The van der Waals surface area contributed by atoms with Gasteiger partial charge < -0.3 is 5.32 Å². The molecule has 20 heavy (non-hydrogen) atoms. The van der Waals surface area contributed by atoms with Gasteiger partial charge in [0.15, 0.2) is 5.82 Å². The van der Waals surface area contributed by atoms with E-state index in [9.17, 15) is 0 Å². The predicted octanol–water partition coefficient (Wildman–Crippen LogP) is 2.40. The molecule has 1 aliphatic heterocycles. The summed E-state index contributed by atoms with van der Waals surface area (Å²) < 4.78 is 2.04. The molecule has 0 radical (unpaired) electrons. The highest BCUT2D eigenvalue weighted by atomic mass is 32.1. The fraction of sp³-hybridized carbons (Fsp3) is 0.500. The molecule has 1 atom stereocenters. The van der Waals surface area contributed by atoms with Crippen molar-refractivity contribution in [3.05, 3.63) is 33.5 Å². The first kappa shape index (κ1) is 13.3. The first-order valence-electron chi connectivity index (χ1n) is 6.94. The van der Waals surface area contributed by atoms with Gasteiger partial charge in [-0.15, -0.1) is 11.3 Å². The number of nitrogens with one attached hydrogen (secondary N) is 1. The van der Waals surface area contributed by atoms with Crippen LogP contribution in [0.2, 0.25) is 0 Å². The Kier molecular flexibility index (Phi) is 3.81. The number of hydrogen-bond donors (Lipinski definition) is 1. The minimum atomic E-state index is 0.268. The lowest BCUT2D eigenvalue weighted by molar-refractivity contribution is 0.367. The molecule has 0 amide bonds. The van der Waals surface area contributed by atoms with Crippen LogP contribution in [0.5, 0.6) is 0 Å². The molecular weight excluding hydrogens is 270 g/mol. The van der Waals surface area contributed by atoms with Crippen molar-refractivity contribution in [2.45, 2.75) is 45.3 Å². The van der Waals surface area contributed by atoms with Crippen molar-refractivity contribution >= 4 is 11.3 Å². The molecule has 0 aromatic carbocycles. The van der Waals surface area contributed by atoms with Crippen molar-refractivity contribution in [3.8, 4) is 6.07 Å². The third-order valence-corrected chi connectivity index (χ3v) is 4.48. The van der Waals surface area contributed by atoms with Crippen molar-refractivity contribution < 1.29 is 0 Å². The quantitative estimate of drug-likeness (QED) is 0.937. The third-order valence-electron chi connectivity index (χ3n) is 3.54. The molecular formula is C14H17N5S. The van der Waals surface area contributed by atoms with E-state index in [4.69, 9.17) is 5.26 Å². The Morgan fingerprint density at radius 1 is 1.60 bits per heavy atom. The van der Waals surface area contributed by atoms with Gasteiger partial charge in [0.05, 0.1) is 11.6 Å². The van der Waals surface area contributed by atoms with Crippen LogP contribution in [0.25, 0.3) is 0 Å². The summed E-state index contributed by atoms with van der Waals surface area (Å²) >= 11 is 1.63. The van der Waals surface area contributed by atoms with Crippen LogP contribution in [0.3, 0.4) is 0 Å². The first-order chi connectivity index (χ1) is 9.80. The highest BCUT2D eigenvalue weighted by Crippen LogP contribution is 2.24. The fourth-order valence-electron chi connectivity index (χ4n) is 2.50. The Balaban J connectivity index is 1.70. The second-order valence-corrected chi connectivity index (χ2v) is 5.95. The van der Waals surface area contributed by atoms with Crippen molar-refractivity contribution in [2.75, 3.05) is 0 Å². The topological polar surface area (TPSA) is 66.5 Å². The summed E-state index contributed by atoms with van der Waals surface area (Å²) in [4.78, 5) is 5.81. The average Bonchev–Trinajstić information content (AvgIpc) is 3.11. The molecule has 0 fully saturated rings. The van der Waals surface area contributed by atoms with E-state index in [1.54, 1.807) is 11.3 Å². The van der Waals surface area contributed by atoms with E-state index >= 15 is 0 Å². The van der Waals surface area contributed by atoms with Crippen LogP contribution in [-0.2, 0) is 19.5 Å². The lowest BCUT2D eigenvalue weighted by atomic mass is 10.1. The SMILES string of the molecule is CCc1nc2n(n1)CCCC2NCc1cc(C#N)cs1. The molecule has 0 saturated heterocycles. The van der Waals surface area contributed by atoms with Crippen LogP contribution in [0.15, 0.2) is 11.4 Å². The molecule has 2 aromatic rings. The zero-order chi connectivity index (χ0) is 13.9. The highest BCUT2D eigenvalue weighted by molar-refractivity contribution is 7.10. The summed E-state index contributed by atoms with van der Waals surface area (Å²) in [7, 11) is 0. The van der Waals surface area contributed by atoms with Gasteiger partial charge in [-0.05, 0) is 18.9 Å². The third kappa shape index (κ3) is 2.60. The van der Waals surface area contributed by atoms with E-state index in [0.29, 0.717) is 0 Å². The van der Waals surface area contributed by atoms with Crippen LogP contribution in [0.4, 0.5) is 0 Å². The average molecular weight is 287 g/mol. The predicted molar refractivity (Wildman–Crippen MR) is 77.2 cm³/mol. The zero-order valence-corrected chi connectivity index (χ0v) is 12.3. The molecule has 5 nitrogen and oxygen atoms in total. The van der Waals surface area contributed by atoms with Crippen molar-refractivity contribution in [1.29, 1.82) is 5.26 Å². The highest BCUT2D eigenvalue weighted by Gasteiger charge is 2.23. The summed E-state index contributed by atoms with van der Waals surface area (Å²) in [5.41, 5.74) is 0.742. The molecule has 0 aliphatic carbocycles. The molecule has 1 unspecified atom stereocenters. The standard InChI is InChI=1S/C14H17N5S/c1-2-13-17-14-12(4-3-5-19(14)18-13)16-8-11-6-10(7-15)9-20-11/h6,9,12,16H,2-5,8H2,1H3. The minimum absolute atomic E-state index is 0.268. The van der Waals surface area contributed by atoms with Crippen molar-refractivity contribution in [1.82, 2.24) is 20.1 Å². The number of hydrogen-bond acceptors (Lipinski definition) is 5. The van der Waals surface area contributed by atoms with E-state index in [-0.39, 0.29) is 6.04 Å². The van der Waals surface area contributed by atoms with Gasteiger partial charge in [0.25, 0.3) is 0 Å². The molecule has 104 valence electrons. The normalized spacial score (nSPS) is 17.7. The van der Waals surface area contributed by atoms with Crippen LogP contribution in [-0.4, -0.2) is 14.8 Å². The Morgan fingerprint density at radius 2 is 2.50 bits per heavy atom. The van der Waals surface area contributed by atoms with Crippen LogP contribution < -0.4 is 5.32 Å². The Labute approximate surface area is 122 Å². The smallest absolute Gasteiger partial charge is 0.150 e. The summed E-state index contributed by atoms with van der Waals surface area (Å²) in [6.45, 7) is 3.84. The Bertz CT molecular complexity index is 636. The summed E-state index contributed by atoms with van der Waals surface area (Å²) in [5, 5.41) is 18.8. The van der Waals surface area contributed by atoms with Crippen molar-refractivity contribution in [3.63, 3.8) is 0 Å². The monoisotopic (exact) mass is 287 g/mol. The van der Waals surface area contributed by atoms with E-state index in [0.717, 1.165) is 49.6 Å². The van der Waals surface area contributed by atoms with Gasteiger partial charge in [-0.25, -0.2) is 9.67 Å². The van der Waals surface area contributed by atoms with E-state index in [1.165, 1.54) is 4.88 Å². The molecule has 0 spiro atoms. The molecule has 2 aromatic heterocycles. The second kappa shape index (κ2) is 5.73. The lowest BCUT2D eigenvalue weighted by Gasteiger charge is -2.22. The zero-order valence-electron chi connectivity index (χ0n) is 11.5. The van der Waals surface area contributed by atoms with E-state index < -0.39 is 0 Å². The summed E-state index contributed by atoms with van der Waals surface area (Å²) in [6, 6.07) is 4.38. The minimum Gasteiger partial charge on any atom is -0.302 e. The van der Waals surface area contributed by atoms with Gasteiger partial charge in [-0.2, -0.15) is 10.4 Å². The largest absolute Gasteiger partial charge is 0.302 e.